The van der Waals surface area contributed by atoms with Crippen LogP contribution in [0.25, 0.3) is 0 Å². The summed E-state index contributed by atoms with van der Waals surface area (Å²) in [5.41, 5.74) is 0. The van der Waals surface area contributed by atoms with Gasteiger partial charge in [-0.2, -0.15) is 0 Å². The van der Waals surface area contributed by atoms with E-state index in [1.165, 1.54) is 5.92 Å². The summed E-state index contributed by atoms with van der Waals surface area (Å²) in [7, 11) is 0. The third-order valence-corrected chi connectivity index (χ3v) is 0.123. The molecule has 0 atom stereocenters. The van der Waals surface area contributed by atoms with Gasteiger partial charge in [-0.25, -0.2) is 4.79 Å². The second kappa shape index (κ2) is 4.03. The van der Waals surface area contributed by atoms with Crippen molar-refractivity contribution in [2.45, 2.75) is 7.43 Å². The van der Waals surface area contributed by atoms with Crippen LogP contribution in [0.4, 0.5) is 0 Å². The van der Waals surface area contributed by atoms with E-state index in [9.17, 15) is 0 Å². The van der Waals surface area contributed by atoms with Gasteiger partial charge in [0.05, 0.1) is 0 Å². The van der Waals surface area contributed by atoms with Crippen LogP contribution in [0.15, 0.2) is 0 Å². The fraction of sp³-hybridized carbons (Fsp3) is 0.250. The van der Waals surface area contributed by atoms with Crippen LogP contribution in [0.3, 0.4) is 0 Å². The van der Waals surface area contributed by atoms with Crippen LogP contribution in [-0.2, 0) is 4.79 Å². The molecule has 6 heavy (non-hydrogen) atoms. The normalized spacial score (nSPS) is 4.50. The summed E-state index contributed by atoms with van der Waals surface area (Å²) >= 11 is 0. The molecule has 0 unspecified atom stereocenters. The second-order valence-corrected chi connectivity index (χ2v) is 0.449. The zero-order chi connectivity index (χ0) is 4.28. The maximum atomic E-state index is 9.13. The molecule has 0 radical (unpaired) electrons. The first kappa shape index (κ1) is 8.90. The maximum absolute atomic E-state index is 9.13. The molecule has 0 fully saturated rings. The maximum Gasteiger partial charge on any atom is 0.381 e. The average Bonchev–Trinajstić information content (AvgIpc) is 1.38. The van der Waals surface area contributed by atoms with Crippen LogP contribution in [-0.4, -0.2) is 11.1 Å². The van der Waals surface area contributed by atoms with E-state index in [4.69, 9.17) is 9.90 Å². The van der Waals surface area contributed by atoms with E-state index in [0.29, 0.717) is 0 Å². The van der Waals surface area contributed by atoms with Gasteiger partial charge in [0.15, 0.2) is 0 Å². The molecule has 0 amide bonds. The van der Waals surface area contributed by atoms with Crippen molar-refractivity contribution in [1.82, 2.24) is 0 Å². The molecular weight excluding hydrogens is 80.0 g/mol. The van der Waals surface area contributed by atoms with Crippen LogP contribution in [0, 0.1) is 12.3 Å². The number of rotatable bonds is 0. The van der Waals surface area contributed by atoms with E-state index in [-0.39, 0.29) is 7.43 Å². The largest absolute Gasteiger partial charge is 0.472 e. The molecule has 0 saturated carbocycles. The Bertz CT molecular complexity index is 78.0. The van der Waals surface area contributed by atoms with Crippen molar-refractivity contribution < 1.29 is 9.90 Å². The van der Waals surface area contributed by atoms with Crippen molar-refractivity contribution in [3.8, 4) is 12.3 Å². The molecule has 1 N–H and O–H groups in total. The molecule has 0 aromatic carbocycles. The van der Waals surface area contributed by atoms with Crippen molar-refractivity contribution in [2.75, 3.05) is 0 Å². The molecule has 0 saturated heterocycles. The van der Waals surface area contributed by atoms with Gasteiger partial charge in [0, 0.05) is 5.92 Å². The van der Waals surface area contributed by atoms with Gasteiger partial charge in [-0.15, -0.1) is 6.42 Å². The zero-order valence-electron chi connectivity index (χ0n) is 2.43. The van der Waals surface area contributed by atoms with E-state index in [0.717, 1.165) is 0 Å². The Labute approximate surface area is 36.8 Å². The number of carbonyl (C=O) groups is 1. The second-order valence-electron chi connectivity index (χ2n) is 0.449. The smallest absolute Gasteiger partial charge is 0.381 e. The Morgan fingerprint density at radius 2 is 2.00 bits per heavy atom. The Hall–Kier alpha value is -0.970. The SMILES string of the molecule is C.C#CC(=O)O. The summed E-state index contributed by atoms with van der Waals surface area (Å²) in [5, 5.41) is 7.49. The van der Waals surface area contributed by atoms with Crippen LogP contribution in [0.2, 0.25) is 0 Å². The van der Waals surface area contributed by atoms with Gasteiger partial charge in [-0.3, -0.25) is 0 Å². The lowest BCUT2D eigenvalue weighted by molar-refractivity contribution is -0.130. The molecule has 0 heterocycles. The van der Waals surface area contributed by atoms with E-state index in [1.54, 1.807) is 0 Å². The van der Waals surface area contributed by atoms with Crippen LogP contribution in [0.5, 0.6) is 0 Å². The van der Waals surface area contributed by atoms with Gasteiger partial charge in [0.25, 0.3) is 0 Å². The number of carboxylic acid groups (broad SMARTS) is 1. The number of aliphatic carboxylic acids is 1. The fourth-order valence-corrected chi connectivity index (χ4v) is 0. The fourth-order valence-electron chi connectivity index (χ4n) is 0. The van der Waals surface area contributed by atoms with Gasteiger partial charge in [0.2, 0.25) is 0 Å². The summed E-state index contributed by atoms with van der Waals surface area (Å²) in [6.45, 7) is 0. The highest BCUT2D eigenvalue weighted by molar-refractivity contribution is 5.85. The molecule has 0 bridgehead atoms. The van der Waals surface area contributed by atoms with Crippen molar-refractivity contribution in [2.24, 2.45) is 0 Å². The minimum atomic E-state index is -1.22. The minimum absolute atomic E-state index is 0. The molecule has 0 aliphatic rings. The topological polar surface area (TPSA) is 37.3 Å². The van der Waals surface area contributed by atoms with Gasteiger partial charge >= 0.3 is 5.97 Å². The van der Waals surface area contributed by atoms with Gasteiger partial charge < -0.3 is 5.11 Å². The van der Waals surface area contributed by atoms with Crippen LogP contribution >= 0.6 is 0 Å². The average molecular weight is 86.1 g/mol. The highest BCUT2D eigenvalue weighted by atomic mass is 16.4. The molecule has 2 nitrogen and oxygen atoms in total. The number of hydrogen-bond donors (Lipinski definition) is 1. The van der Waals surface area contributed by atoms with E-state index in [2.05, 4.69) is 6.42 Å². The summed E-state index contributed by atoms with van der Waals surface area (Å²) in [5.74, 6) is 0.227. The Balaban J connectivity index is 0. The van der Waals surface area contributed by atoms with E-state index in [1.807, 2.05) is 0 Å². The first-order valence-electron chi connectivity index (χ1n) is 0.966. The van der Waals surface area contributed by atoms with Crippen molar-refractivity contribution >= 4 is 5.97 Å². The molecule has 0 spiro atoms. The van der Waals surface area contributed by atoms with E-state index < -0.39 is 5.97 Å². The first-order valence-corrected chi connectivity index (χ1v) is 0.966. The van der Waals surface area contributed by atoms with Gasteiger partial charge in [-0.1, -0.05) is 7.43 Å². The third kappa shape index (κ3) is 11.8. The molecule has 2 heteroatoms. The van der Waals surface area contributed by atoms with Crippen LogP contribution in [0.1, 0.15) is 7.43 Å². The number of terminal acetylenes is 1. The van der Waals surface area contributed by atoms with Gasteiger partial charge in [-0.05, 0) is 0 Å². The lowest BCUT2D eigenvalue weighted by Gasteiger charge is -1.60. The third-order valence-electron chi connectivity index (χ3n) is 0.123. The molecule has 0 aromatic heterocycles. The van der Waals surface area contributed by atoms with Crippen molar-refractivity contribution in [1.29, 1.82) is 0 Å². The predicted octanol–water partition coefficient (Wildman–Crippen LogP) is 0.340. The standard InChI is InChI=1S/C3H2O2.CH4/c1-2-3(4)5;/h1H,(H,4,5);1H4. The minimum Gasteiger partial charge on any atom is -0.472 e. The van der Waals surface area contributed by atoms with Crippen LogP contribution < -0.4 is 0 Å². The molecule has 0 aromatic rings. The molecule has 0 rings (SSSR count). The molecule has 34 valence electrons. The predicted molar refractivity (Wildman–Crippen MR) is 23.2 cm³/mol. The lowest BCUT2D eigenvalue weighted by Crippen LogP contribution is -1.83. The number of carboxylic acids is 1. The Kier molecular flexibility index (Phi) is 5.98. The zero-order valence-corrected chi connectivity index (χ0v) is 2.43. The van der Waals surface area contributed by atoms with Crippen molar-refractivity contribution in [3.05, 3.63) is 0 Å². The first-order chi connectivity index (χ1) is 2.27. The Morgan fingerprint density at radius 3 is 2.00 bits per heavy atom. The molecule has 0 aliphatic carbocycles. The molecule has 0 aliphatic heterocycles. The summed E-state index contributed by atoms with van der Waals surface area (Å²) in [4.78, 5) is 9.13. The Morgan fingerprint density at radius 1 is 1.83 bits per heavy atom. The monoisotopic (exact) mass is 86.0 g/mol. The lowest BCUT2D eigenvalue weighted by atomic mass is 10.7. The van der Waals surface area contributed by atoms with Gasteiger partial charge in [0.1, 0.15) is 0 Å². The summed E-state index contributed by atoms with van der Waals surface area (Å²) in [6.07, 6.45) is 4.32. The number of hydrogen-bond acceptors (Lipinski definition) is 1. The highest BCUT2D eigenvalue weighted by Crippen LogP contribution is 1.44. The molecular formula is C4H6O2. The van der Waals surface area contributed by atoms with Crippen molar-refractivity contribution in [3.63, 3.8) is 0 Å². The quantitative estimate of drug-likeness (QED) is 0.431. The van der Waals surface area contributed by atoms with E-state index >= 15 is 0 Å². The highest BCUT2D eigenvalue weighted by Gasteiger charge is 1.74. The summed E-state index contributed by atoms with van der Waals surface area (Å²) < 4.78 is 0. The summed E-state index contributed by atoms with van der Waals surface area (Å²) in [6, 6.07) is 0.